The first-order chi connectivity index (χ1) is 14.7. The monoisotopic (exact) mass is 428 g/mol. The molecule has 7 nitrogen and oxygen atoms in total. The van der Waals surface area contributed by atoms with Crippen LogP contribution in [0.3, 0.4) is 0 Å². The summed E-state index contributed by atoms with van der Waals surface area (Å²) in [7, 11) is 0. The van der Waals surface area contributed by atoms with E-state index in [-0.39, 0.29) is 29.3 Å². The smallest absolute Gasteiger partial charge is 0.317 e. The van der Waals surface area contributed by atoms with Crippen molar-refractivity contribution in [2.24, 2.45) is 5.92 Å². The molecule has 0 radical (unpaired) electrons. The fourth-order valence-corrected chi connectivity index (χ4v) is 4.40. The maximum atomic E-state index is 13.3. The van der Waals surface area contributed by atoms with Gasteiger partial charge in [-0.2, -0.15) is 0 Å². The lowest BCUT2D eigenvalue weighted by molar-refractivity contribution is -0.134. The third-order valence-corrected chi connectivity index (χ3v) is 6.14. The van der Waals surface area contributed by atoms with Crippen molar-refractivity contribution >= 4 is 17.8 Å². The molecule has 1 unspecified atom stereocenters. The Morgan fingerprint density at radius 1 is 0.968 bits per heavy atom. The minimum absolute atomic E-state index is 0.0111. The maximum Gasteiger partial charge on any atom is 0.317 e. The molecule has 1 aromatic carbocycles. The molecule has 2 saturated heterocycles. The summed E-state index contributed by atoms with van der Waals surface area (Å²) in [4.78, 5) is 42.5. The molecule has 3 rings (SSSR count). The van der Waals surface area contributed by atoms with E-state index in [4.69, 9.17) is 0 Å². The Morgan fingerprint density at radius 3 is 2.16 bits per heavy atom. The highest BCUT2D eigenvalue weighted by molar-refractivity contribution is 5.98. The quantitative estimate of drug-likeness (QED) is 0.774. The van der Waals surface area contributed by atoms with E-state index in [1.54, 1.807) is 6.07 Å². The van der Waals surface area contributed by atoms with Crippen LogP contribution in [0.4, 0.5) is 4.79 Å². The van der Waals surface area contributed by atoms with Crippen LogP contribution in [-0.4, -0.2) is 65.4 Å². The van der Waals surface area contributed by atoms with Crippen LogP contribution in [0.5, 0.6) is 0 Å². The number of piperidine rings is 1. The SMILES string of the molecule is Cc1ccccc1C(=O)NC(C(=O)N1CCCC1)C1CCN(C(=O)NC(C)(C)C)CC1. The molecule has 0 aromatic heterocycles. The van der Waals surface area contributed by atoms with Gasteiger partial charge in [-0.1, -0.05) is 18.2 Å². The van der Waals surface area contributed by atoms with Crippen LogP contribution in [-0.2, 0) is 4.79 Å². The standard InChI is InChI=1S/C24H36N4O3/c1-17-9-5-6-10-19(17)21(29)25-20(22(30)27-13-7-8-14-27)18-11-15-28(16-12-18)23(31)26-24(2,3)4/h5-6,9-10,18,20H,7-8,11-16H2,1-4H3,(H,25,29)(H,26,31). The molecule has 2 N–H and O–H groups in total. The Hall–Kier alpha value is -2.57. The van der Waals surface area contributed by atoms with Crippen molar-refractivity contribution in [2.75, 3.05) is 26.2 Å². The van der Waals surface area contributed by atoms with Gasteiger partial charge in [-0.15, -0.1) is 0 Å². The number of likely N-dealkylation sites (tertiary alicyclic amines) is 2. The Kier molecular flexibility index (Phi) is 7.23. The first kappa shape index (κ1) is 23.1. The van der Waals surface area contributed by atoms with E-state index in [9.17, 15) is 14.4 Å². The number of hydrogen-bond donors (Lipinski definition) is 2. The third kappa shape index (κ3) is 5.99. The molecule has 0 spiro atoms. The van der Waals surface area contributed by atoms with Crippen LogP contribution >= 0.6 is 0 Å². The van der Waals surface area contributed by atoms with Crippen molar-refractivity contribution in [1.29, 1.82) is 0 Å². The molecule has 2 fully saturated rings. The summed E-state index contributed by atoms with van der Waals surface area (Å²) in [6, 6.07) is 6.80. The van der Waals surface area contributed by atoms with E-state index in [2.05, 4.69) is 10.6 Å². The Morgan fingerprint density at radius 2 is 1.58 bits per heavy atom. The first-order valence-corrected chi connectivity index (χ1v) is 11.4. The number of carbonyl (C=O) groups is 3. The van der Waals surface area contributed by atoms with Gasteiger partial charge in [0.05, 0.1) is 0 Å². The van der Waals surface area contributed by atoms with Crippen LogP contribution in [0.25, 0.3) is 0 Å². The predicted octanol–water partition coefficient (Wildman–Crippen LogP) is 2.94. The number of hydrogen-bond acceptors (Lipinski definition) is 3. The van der Waals surface area contributed by atoms with Gasteiger partial charge in [0.15, 0.2) is 0 Å². The zero-order valence-corrected chi connectivity index (χ0v) is 19.2. The second-order valence-electron chi connectivity index (χ2n) is 9.80. The highest BCUT2D eigenvalue weighted by atomic mass is 16.2. The van der Waals surface area contributed by atoms with Gasteiger partial charge < -0.3 is 20.4 Å². The molecule has 170 valence electrons. The number of nitrogens with zero attached hydrogens (tertiary/aromatic N) is 2. The van der Waals surface area contributed by atoms with Gasteiger partial charge in [0.25, 0.3) is 5.91 Å². The van der Waals surface area contributed by atoms with Crippen LogP contribution in [0.15, 0.2) is 24.3 Å². The molecular formula is C24H36N4O3. The lowest BCUT2D eigenvalue weighted by Gasteiger charge is -2.38. The van der Waals surface area contributed by atoms with Gasteiger partial charge in [-0.25, -0.2) is 4.79 Å². The molecule has 0 aliphatic carbocycles. The summed E-state index contributed by atoms with van der Waals surface area (Å²) in [6.45, 7) is 10.5. The van der Waals surface area contributed by atoms with Crippen molar-refractivity contribution in [3.8, 4) is 0 Å². The van der Waals surface area contributed by atoms with E-state index in [1.165, 1.54) is 0 Å². The zero-order valence-electron chi connectivity index (χ0n) is 19.2. The first-order valence-electron chi connectivity index (χ1n) is 11.4. The summed E-state index contributed by atoms with van der Waals surface area (Å²) in [5.74, 6) is -0.180. The summed E-state index contributed by atoms with van der Waals surface area (Å²) >= 11 is 0. The van der Waals surface area contributed by atoms with E-state index >= 15 is 0 Å². The molecule has 2 aliphatic heterocycles. The van der Waals surface area contributed by atoms with E-state index < -0.39 is 6.04 Å². The maximum absolute atomic E-state index is 13.3. The van der Waals surface area contributed by atoms with Gasteiger partial charge in [0.1, 0.15) is 6.04 Å². The van der Waals surface area contributed by atoms with Crippen molar-refractivity contribution in [3.05, 3.63) is 35.4 Å². The lowest BCUT2D eigenvalue weighted by Crippen LogP contribution is -2.56. The van der Waals surface area contributed by atoms with Gasteiger partial charge in [0.2, 0.25) is 5.91 Å². The number of benzene rings is 1. The minimum atomic E-state index is -0.557. The molecule has 7 heteroatoms. The van der Waals surface area contributed by atoms with Crippen LogP contribution < -0.4 is 10.6 Å². The predicted molar refractivity (Wildman–Crippen MR) is 121 cm³/mol. The van der Waals surface area contributed by atoms with Gasteiger partial charge in [-0.05, 0) is 70.9 Å². The Labute approximate surface area is 185 Å². The zero-order chi connectivity index (χ0) is 22.6. The molecule has 2 aliphatic rings. The van der Waals surface area contributed by atoms with Crippen LogP contribution in [0, 0.1) is 12.8 Å². The fraction of sp³-hybridized carbons (Fsp3) is 0.625. The Bertz CT molecular complexity index is 803. The van der Waals surface area contributed by atoms with Crippen molar-refractivity contribution in [2.45, 2.75) is 65.0 Å². The largest absolute Gasteiger partial charge is 0.341 e. The lowest BCUT2D eigenvalue weighted by atomic mass is 9.88. The molecule has 1 aromatic rings. The molecule has 0 saturated carbocycles. The number of carbonyl (C=O) groups excluding carboxylic acids is 3. The van der Waals surface area contributed by atoms with E-state index in [1.807, 2.05) is 55.7 Å². The highest BCUT2D eigenvalue weighted by Gasteiger charge is 2.37. The highest BCUT2D eigenvalue weighted by Crippen LogP contribution is 2.24. The number of rotatable bonds is 4. The number of nitrogens with one attached hydrogen (secondary N) is 2. The van der Waals surface area contributed by atoms with Crippen molar-refractivity contribution in [1.82, 2.24) is 20.4 Å². The summed E-state index contributed by atoms with van der Waals surface area (Å²) in [5.41, 5.74) is 1.20. The molecule has 2 heterocycles. The second-order valence-corrected chi connectivity index (χ2v) is 9.80. The van der Waals surface area contributed by atoms with Gasteiger partial charge in [0, 0.05) is 37.3 Å². The topological polar surface area (TPSA) is 81.8 Å². The minimum Gasteiger partial charge on any atom is -0.341 e. The second kappa shape index (κ2) is 9.71. The number of aryl methyl sites for hydroxylation is 1. The summed E-state index contributed by atoms with van der Waals surface area (Å²) < 4.78 is 0. The third-order valence-electron chi connectivity index (χ3n) is 6.14. The molecular weight excluding hydrogens is 392 g/mol. The van der Waals surface area contributed by atoms with Crippen LogP contribution in [0.1, 0.15) is 62.4 Å². The Balaban J connectivity index is 1.70. The van der Waals surface area contributed by atoms with Crippen LogP contribution in [0.2, 0.25) is 0 Å². The molecule has 31 heavy (non-hydrogen) atoms. The fourth-order valence-electron chi connectivity index (χ4n) is 4.40. The summed E-state index contributed by atoms with van der Waals surface area (Å²) in [6.07, 6.45) is 3.40. The van der Waals surface area contributed by atoms with Crippen molar-refractivity contribution < 1.29 is 14.4 Å². The van der Waals surface area contributed by atoms with Gasteiger partial charge >= 0.3 is 6.03 Å². The van der Waals surface area contributed by atoms with E-state index in [0.717, 1.165) is 31.5 Å². The molecule has 0 bridgehead atoms. The summed E-state index contributed by atoms with van der Waals surface area (Å²) in [5, 5.41) is 6.06. The van der Waals surface area contributed by atoms with E-state index in [0.29, 0.717) is 31.5 Å². The average Bonchev–Trinajstić information content (AvgIpc) is 3.25. The van der Waals surface area contributed by atoms with Crippen molar-refractivity contribution in [3.63, 3.8) is 0 Å². The average molecular weight is 429 g/mol. The van der Waals surface area contributed by atoms with Gasteiger partial charge in [-0.3, -0.25) is 9.59 Å². The number of urea groups is 1. The molecule has 4 amide bonds. The number of amides is 4. The normalized spacial score (nSPS) is 18.6. The molecule has 1 atom stereocenters.